The van der Waals surface area contributed by atoms with E-state index in [-0.39, 0.29) is 42.2 Å². The molecule has 1 aliphatic carbocycles. The van der Waals surface area contributed by atoms with Gasteiger partial charge in [-0.2, -0.15) is 8.78 Å². The second kappa shape index (κ2) is 9.37. The maximum atomic E-state index is 12.7. The number of alkyl halides is 2. The van der Waals surface area contributed by atoms with Gasteiger partial charge in [0.1, 0.15) is 6.04 Å². The summed E-state index contributed by atoms with van der Waals surface area (Å²) >= 11 is 0. The second-order valence-electron chi connectivity index (χ2n) is 6.53. The Balaban J connectivity index is 0.00000243. The van der Waals surface area contributed by atoms with Crippen molar-refractivity contribution < 1.29 is 27.8 Å². The maximum Gasteiger partial charge on any atom is 0.387 e. The van der Waals surface area contributed by atoms with Crippen molar-refractivity contribution in [3.63, 3.8) is 0 Å². The molecule has 0 amide bonds. The third-order valence-corrected chi connectivity index (χ3v) is 4.87. The number of rotatable bonds is 6. The molecule has 3 rings (SSSR count). The van der Waals surface area contributed by atoms with Crippen LogP contribution >= 0.6 is 12.4 Å². The van der Waals surface area contributed by atoms with E-state index in [0.717, 1.165) is 31.2 Å². The number of benzene rings is 1. The fourth-order valence-corrected chi connectivity index (χ4v) is 3.56. The first-order valence-electron chi connectivity index (χ1n) is 8.63. The van der Waals surface area contributed by atoms with E-state index in [1.54, 1.807) is 12.1 Å². The summed E-state index contributed by atoms with van der Waals surface area (Å²) in [7, 11) is 1.36. The van der Waals surface area contributed by atoms with E-state index in [4.69, 9.17) is 9.47 Å². The molecule has 146 valence electrons. The summed E-state index contributed by atoms with van der Waals surface area (Å²) in [4.78, 5) is 11.7. The molecule has 2 fully saturated rings. The quantitative estimate of drug-likeness (QED) is 0.750. The van der Waals surface area contributed by atoms with E-state index < -0.39 is 6.61 Å². The molecule has 26 heavy (non-hydrogen) atoms. The fourth-order valence-electron chi connectivity index (χ4n) is 3.56. The third kappa shape index (κ3) is 4.98. The number of carbonyl (C=O) groups is 1. The van der Waals surface area contributed by atoms with Crippen LogP contribution in [0.5, 0.6) is 11.5 Å². The highest BCUT2D eigenvalue weighted by atomic mass is 35.5. The lowest BCUT2D eigenvalue weighted by atomic mass is 9.96. The largest absolute Gasteiger partial charge is 0.487 e. The summed E-state index contributed by atoms with van der Waals surface area (Å²) in [6.45, 7) is -2.27. The zero-order chi connectivity index (χ0) is 17.8. The molecule has 0 radical (unpaired) electrons. The van der Waals surface area contributed by atoms with Gasteiger partial charge in [0.2, 0.25) is 0 Å². The van der Waals surface area contributed by atoms with Gasteiger partial charge in [0, 0.05) is 6.54 Å². The molecule has 1 N–H and O–H groups in total. The summed E-state index contributed by atoms with van der Waals surface area (Å²) in [5.41, 5.74) is 0.938. The van der Waals surface area contributed by atoms with E-state index in [1.807, 2.05) is 0 Å². The third-order valence-electron chi connectivity index (χ3n) is 4.87. The minimum absolute atomic E-state index is 0. The van der Waals surface area contributed by atoms with Crippen LogP contribution < -0.4 is 14.8 Å². The molecule has 1 aromatic rings. The normalized spacial score (nSPS) is 22.9. The molecule has 1 aliphatic heterocycles. The molecule has 1 heterocycles. The van der Waals surface area contributed by atoms with Gasteiger partial charge in [0.25, 0.3) is 0 Å². The molecule has 8 heteroatoms. The van der Waals surface area contributed by atoms with Crippen molar-refractivity contribution in [2.24, 2.45) is 0 Å². The van der Waals surface area contributed by atoms with E-state index >= 15 is 0 Å². The lowest BCUT2D eigenvalue weighted by molar-refractivity contribution is -0.142. The van der Waals surface area contributed by atoms with Crippen LogP contribution in [0.4, 0.5) is 8.78 Å². The average molecular weight is 392 g/mol. The molecule has 1 saturated heterocycles. The van der Waals surface area contributed by atoms with Crippen molar-refractivity contribution in [2.75, 3.05) is 13.7 Å². The van der Waals surface area contributed by atoms with Gasteiger partial charge in [-0.3, -0.25) is 4.79 Å². The Bertz CT molecular complexity index is 611. The topological polar surface area (TPSA) is 56.8 Å². The van der Waals surface area contributed by atoms with Crippen LogP contribution in [0.25, 0.3) is 0 Å². The van der Waals surface area contributed by atoms with Gasteiger partial charge in [-0.1, -0.05) is 6.07 Å². The predicted molar refractivity (Wildman–Crippen MR) is 94.4 cm³/mol. The zero-order valence-electron chi connectivity index (χ0n) is 14.6. The second-order valence-corrected chi connectivity index (χ2v) is 6.53. The van der Waals surface area contributed by atoms with E-state index in [2.05, 4.69) is 10.1 Å². The highest BCUT2D eigenvalue weighted by molar-refractivity contribution is 5.85. The average Bonchev–Trinajstić information content (AvgIpc) is 3.27. The molecule has 0 bridgehead atoms. The number of hydrogen-bond acceptors (Lipinski definition) is 5. The van der Waals surface area contributed by atoms with E-state index in [0.29, 0.717) is 18.7 Å². The van der Waals surface area contributed by atoms with Gasteiger partial charge < -0.3 is 19.5 Å². The Morgan fingerprint density at radius 3 is 2.62 bits per heavy atom. The van der Waals surface area contributed by atoms with Crippen molar-refractivity contribution in [3.05, 3.63) is 23.8 Å². The van der Waals surface area contributed by atoms with E-state index in [9.17, 15) is 13.6 Å². The number of ether oxygens (including phenoxy) is 3. The summed E-state index contributed by atoms with van der Waals surface area (Å²) in [5, 5.41) is 3.13. The Labute approximate surface area is 157 Å². The molecule has 0 aromatic heterocycles. The Hall–Kier alpha value is -1.60. The Kier molecular flexibility index (Phi) is 7.46. The highest BCUT2D eigenvalue weighted by Gasteiger charge is 2.31. The molecule has 2 aliphatic rings. The first-order chi connectivity index (χ1) is 12.1. The SMILES string of the molecule is COC(=O)C1CC(c2ccc(OC(F)F)c(OC3CCCC3)c2)CN1.Cl. The predicted octanol–water partition coefficient (Wildman–Crippen LogP) is 3.65. The zero-order valence-corrected chi connectivity index (χ0v) is 15.4. The van der Waals surface area contributed by atoms with Crippen LogP contribution in [0.1, 0.15) is 43.6 Å². The number of hydrogen-bond donors (Lipinski definition) is 1. The summed E-state index contributed by atoms with van der Waals surface area (Å²) < 4.78 is 40.6. The van der Waals surface area contributed by atoms with Crippen molar-refractivity contribution in [1.82, 2.24) is 5.32 Å². The fraction of sp³-hybridized carbons (Fsp3) is 0.611. The summed E-state index contributed by atoms with van der Waals surface area (Å²) in [5.74, 6) is 0.213. The van der Waals surface area contributed by atoms with Crippen LogP contribution in [0.15, 0.2) is 18.2 Å². The van der Waals surface area contributed by atoms with Gasteiger partial charge in [-0.05, 0) is 55.7 Å². The van der Waals surface area contributed by atoms with Crippen LogP contribution in [0, 0.1) is 0 Å². The molecular formula is C18H24ClF2NO4. The summed E-state index contributed by atoms with van der Waals surface area (Å²) in [6, 6.07) is 4.70. The smallest absolute Gasteiger partial charge is 0.387 e. The molecule has 1 saturated carbocycles. The van der Waals surface area contributed by atoms with Gasteiger partial charge in [0.05, 0.1) is 13.2 Å². The number of carbonyl (C=O) groups excluding carboxylic acids is 1. The molecule has 1 aromatic carbocycles. The number of nitrogens with one attached hydrogen (secondary N) is 1. The van der Waals surface area contributed by atoms with E-state index in [1.165, 1.54) is 13.2 Å². The molecule has 5 nitrogen and oxygen atoms in total. The first-order valence-corrected chi connectivity index (χ1v) is 8.63. The standard InChI is InChI=1S/C18H23F2NO4.ClH/c1-23-17(22)14-8-12(10-21-14)11-6-7-15(25-18(19)20)16(9-11)24-13-4-2-3-5-13;/h6-7,9,12-14,18,21H,2-5,8,10H2,1H3;1H. The lowest BCUT2D eigenvalue weighted by Crippen LogP contribution is -2.31. The lowest BCUT2D eigenvalue weighted by Gasteiger charge is -2.19. The van der Waals surface area contributed by atoms with Gasteiger partial charge in [-0.15, -0.1) is 12.4 Å². The van der Waals surface area contributed by atoms with Gasteiger partial charge in [-0.25, -0.2) is 0 Å². The van der Waals surface area contributed by atoms with Crippen molar-refractivity contribution in [3.8, 4) is 11.5 Å². The molecule has 2 atom stereocenters. The van der Waals surface area contributed by atoms with Crippen LogP contribution in [-0.2, 0) is 9.53 Å². The van der Waals surface area contributed by atoms with Gasteiger partial charge in [0.15, 0.2) is 11.5 Å². The number of esters is 1. The van der Waals surface area contributed by atoms with Crippen molar-refractivity contribution in [2.45, 2.75) is 56.8 Å². The van der Waals surface area contributed by atoms with Crippen LogP contribution in [0.3, 0.4) is 0 Å². The Morgan fingerprint density at radius 1 is 1.23 bits per heavy atom. The molecule has 2 unspecified atom stereocenters. The number of halogens is 3. The van der Waals surface area contributed by atoms with Crippen molar-refractivity contribution >= 4 is 18.4 Å². The van der Waals surface area contributed by atoms with Crippen LogP contribution in [0.2, 0.25) is 0 Å². The molecular weight excluding hydrogens is 368 g/mol. The maximum absolute atomic E-state index is 12.7. The number of methoxy groups -OCH3 is 1. The van der Waals surface area contributed by atoms with Crippen molar-refractivity contribution in [1.29, 1.82) is 0 Å². The van der Waals surface area contributed by atoms with Gasteiger partial charge >= 0.3 is 12.6 Å². The minimum atomic E-state index is -2.89. The minimum Gasteiger partial charge on any atom is -0.487 e. The monoisotopic (exact) mass is 391 g/mol. The first kappa shape index (κ1) is 20.7. The Morgan fingerprint density at radius 2 is 1.96 bits per heavy atom. The van der Waals surface area contributed by atoms with Crippen LogP contribution in [-0.4, -0.2) is 38.4 Å². The summed E-state index contributed by atoms with van der Waals surface area (Å²) in [6.07, 6.45) is 4.66. The highest BCUT2D eigenvalue weighted by Crippen LogP contribution is 2.37. The molecule has 0 spiro atoms.